The van der Waals surface area contributed by atoms with Crippen molar-refractivity contribution in [3.05, 3.63) is 467 Å². The Morgan fingerprint density at radius 2 is 0.504 bits per heavy atom. The van der Waals surface area contributed by atoms with Gasteiger partial charge in [-0.2, -0.15) is 0 Å². The fourth-order valence-electron chi connectivity index (χ4n) is 22.4. The number of rotatable bonds is 2. The van der Waals surface area contributed by atoms with Crippen LogP contribution in [0.2, 0.25) is 0 Å². The quantitative estimate of drug-likeness (QED) is 0.158. The molecule has 0 fully saturated rings. The maximum absolute atomic E-state index is 6.15. The molecule has 0 N–H and O–H groups in total. The Kier molecular flexibility index (Phi) is 18.0. The van der Waals surface area contributed by atoms with Crippen molar-refractivity contribution < 1.29 is 4.42 Å². The fourth-order valence-corrected chi connectivity index (χ4v) is 22.4. The molecular formula is C133H77N7O. The van der Waals surface area contributed by atoms with Gasteiger partial charge >= 0.3 is 0 Å². The van der Waals surface area contributed by atoms with Crippen molar-refractivity contribution in [2.24, 2.45) is 0 Å². The van der Waals surface area contributed by atoms with Crippen LogP contribution in [-0.2, 0) is 0 Å². The van der Waals surface area contributed by atoms with Crippen LogP contribution in [0.15, 0.2) is 472 Å². The van der Waals surface area contributed by atoms with Crippen LogP contribution in [0.1, 0.15) is 0 Å². The molecule has 0 unspecified atom stereocenters. The number of fused-ring (bicyclic) bond motifs is 53. The molecule has 0 radical (unpaired) electrons. The van der Waals surface area contributed by atoms with E-state index in [9.17, 15) is 0 Å². The normalized spacial score (nSPS) is 12.0. The molecule has 0 spiro atoms. The van der Waals surface area contributed by atoms with E-state index in [-0.39, 0.29) is 0 Å². The van der Waals surface area contributed by atoms with Crippen molar-refractivity contribution in [1.82, 2.24) is 34.9 Å². The minimum absolute atomic E-state index is 0.649. The Morgan fingerprint density at radius 1 is 0.149 bits per heavy atom. The van der Waals surface area contributed by atoms with Crippen molar-refractivity contribution >= 4 is 282 Å². The van der Waals surface area contributed by atoms with Gasteiger partial charge in [0, 0.05) is 82.0 Å². The summed E-state index contributed by atoms with van der Waals surface area (Å²) in [5, 5.41) is 50.2. The summed E-state index contributed by atoms with van der Waals surface area (Å²) in [6.45, 7) is 0. The highest BCUT2D eigenvalue weighted by Crippen LogP contribution is 2.46. The lowest BCUT2D eigenvalue weighted by Gasteiger charge is -2.13. The lowest BCUT2D eigenvalue weighted by atomic mass is 9.91. The van der Waals surface area contributed by atoms with Crippen LogP contribution in [0.5, 0.6) is 0 Å². The van der Waals surface area contributed by atoms with Gasteiger partial charge in [-0.05, 0) is 276 Å². The fraction of sp³-hybridized carbons (Fsp3) is 0. The van der Waals surface area contributed by atoms with Gasteiger partial charge in [0.25, 0.3) is 0 Å². The topological polar surface area (TPSA) is 103 Å². The van der Waals surface area contributed by atoms with Crippen LogP contribution < -0.4 is 0 Å². The molecule has 0 aliphatic heterocycles. The van der Waals surface area contributed by atoms with E-state index in [1.165, 1.54) is 156 Å². The van der Waals surface area contributed by atoms with Gasteiger partial charge in [-0.3, -0.25) is 4.98 Å². The summed E-state index contributed by atoms with van der Waals surface area (Å²) >= 11 is 0. The summed E-state index contributed by atoms with van der Waals surface area (Å²) in [4.78, 5) is 36.4. The molecular weight excluding hydrogens is 1710 g/mol. The molecule has 0 aliphatic rings. The van der Waals surface area contributed by atoms with Gasteiger partial charge in [0.1, 0.15) is 11.2 Å². The molecule has 31 aromatic rings. The number of aromatic nitrogens is 7. The first-order valence-electron chi connectivity index (χ1n) is 48.0. The zero-order valence-corrected chi connectivity index (χ0v) is 76.0. The Bertz CT molecular complexity index is 11100. The van der Waals surface area contributed by atoms with Crippen LogP contribution in [0.25, 0.3) is 304 Å². The van der Waals surface area contributed by atoms with E-state index in [1.807, 2.05) is 36.5 Å². The lowest BCUT2D eigenvalue weighted by Crippen LogP contribution is -1.94. The molecule has 8 heteroatoms. The van der Waals surface area contributed by atoms with Crippen molar-refractivity contribution in [2.75, 3.05) is 0 Å². The molecule has 31 rings (SSSR count). The summed E-state index contributed by atoms with van der Waals surface area (Å²) in [6, 6.07) is 166. The number of para-hydroxylation sites is 2. The molecule has 8 heterocycles. The number of nitrogens with zero attached hydrogens (tertiary/aromatic N) is 7. The van der Waals surface area contributed by atoms with E-state index in [4.69, 9.17) is 39.3 Å². The number of pyridine rings is 2. The zero-order valence-electron chi connectivity index (χ0n) is 76.0. The van der Waals surface area contributed by atoms with Gasteiger partial charge in [-0.25, -0.2) is 29.9 Å². The molecule has 0 aliphatic carbocycles. The second kappa shape index (κ2) is 31.9. The van der Waals surface area contributed by atoms with Crippen LogP contribution in [0, 0.1) is 0 Å². The Morgan fingerprint density at radius 3 is 1.03 bits per heavy atom. The van der Waals surface area contributed by atoms with Crippen molar-refractivity contribution in [3.63, 3.8) is 0 Å². The Hall–Kier alpha value is -18.9. The number of furan rings is 1. The van der Waals surface area contributed by atoms with Crippen LogP contribution >= 0.6 is 0 Å². The summed E-state index contributed by atoms with van der Waals surface area (Å²) in [5.41, 5.74) is 10.5. The smallest absolute Gasteiger partial charge is 0.164 e. The third-order valence-electron chi connectivity index (χ3n) is 29.2. The third-order valence-corrected chi connectivity index (χ3v) is 29.2. The van der Waals surface area contributed by atoms with E-state index < -0.39 is 0 Å². The molecule has 8 nitrogen and oxygen atoms in total. The second-order valence-electron chi connectivity index (χ2n) is 37.2. The Balaban J connectivity index is 0.000000102. The second-order valence-corrected chi connectivity index (χ2v) is 37.2. The van der Waals surface area contributed by atoms with Gasteiger partial charge in [-0.1, -0.05) is 352 Å². The van der Waals surface area contributed by atoms with Gasteiger partial charge in [-0.15, -0.1) is 0 Å². The van der Waals surface area contributed by atoms with E-state index >= 15 is 0 Å². The summed E-state index contributed by atoms with van der Waals surface area (Å²) in [5.74, 6) is 0.654. The number of hydrogen-bond donors (Lipinski definition) is 0. The number of hydrogen-bond acceptors (Lipinski definition) is 8. The van der Waals surface area contributed by atoms with Crippen LogP contribution in [-0.4, -0.2) is 34.9 Å². The number of benzene rings is 23. The van der Waals surface area contributed by atoms with Gasteiger partial charge < -0.3 is 4.42 Å². The maximum atomic E-state index is 6.15. The Labute approximate surface area is 805 Å². The maximum Gasteiger partial charge on any atom is 0.164 e. The van der Waals surface area contributed by atoms with Gasteiger partial charge in [0.2, 0.25) is 0 Å². The molecule has 0 amide bonds. The molecule has 28 bridgehead atoms. The van der Waals surface area contributed by atoms with E-state index in [2.05, 4.69) is 431 Å². The third kappa shape index (κ3) is 13.2. The zero-order chi connectivity index (χ0) is 92.4. The first-order valence-corrected chi connectivity index (χ1v) is 48.0. The average molecular weight is 1790 g/mol. The largest absolute Gasteiger partial charge is 0.456 e. The highest BCUT2D eigenvalue weighted by Gasteiger charge is 2.21. The highest BCUT2D eigenvalue weighted by molar-refractivity contribution is 6.35. The molecule has 0 atom stereocenters. The first kappa shape index (κ1) is 79.5. The minimum atomic E-state index is 0.649. The monoisotopic (exact) mass is 1790 g/mol. The summed E-state index contributed by atoms with van der Waals surface area (Å²) in [7, 11) is 0. The van der Waals surface area contributed by atoms with Gasteiger partial charge in [0.15, 0.2) is 22.8 Å². The van der Waals surface area contributed by atoms with E-state index in [1.54, 1.807) is 0 Å². The molecule has 650 valence electrons. The average Bonchev–Trinajstić information content (AvgIpc) is 1.35. The minimum Gasteiger partial charge on any atom is -0.456 e. The lowest BCUT2D eigenvalue weighted by molar-refractivity contribution is 0.669. The highest BCUT2D eigenvalue weighted by atomic mass is 16.3. The molecule has 23 aromatic carbocycles. The first-order chi connectivity index (χ1) is 69.8. The summed E-state index contributed by atoms with van der Waals surface area (Å²) < 4.78 is 6.15. The van der Waals surface area contributed by atoms with Gasteiger partial charge in [0.05, 0.1) is 27.8 Å². The predicted molar refractivity (Wildman–Crippen MR) is 597 cm³/mol. The van der Waals surface area contributed by atoms with Crippen molar-refractivity contribution in [3.8, 4) is 22.6 Å². The summed E-state index contributed by atoms with van der Waals surface area (Å²) in [6.07, 6.45) is 2.02. The van der Waals surface area contributed by atoms with E-state index in [0.717, 1.165) is 131 Å². The molecule has 0 saturated heterocycles. The SMILES string of the molecule is c1cc2cc(c1)c1ccc3c4ccccc4c4cccc(c5cc6cnc(-c7ccc8oc9ccccc9c8c7)cc6c(n5)c5cccc2c5)c4c3c1.c1cc2cc(c1)c1ccc3c4ccccc4c4cccc(c5nc6ccccc6c(n5)c5cccc2c5)c4c3c1.c1ccc(-c2nc3nc(n2)c2ccc4c5ccccc5c5ccc(cc5c4c2)c2cccc(c2)c2cccc(c2)c2cccc3c2)cc1. The molecule has 8 aromatic heterocycles. The van der Waals surface area contributed by atoms with E-state index in [0.29, 0.717) is 17.1 Å². The molecule has 0 saturated carbocycles. The molecule has 141 heavy (non-hydrogen) atoms. The van der Waals surface area contributed by atoms with Crippen LogP contribution in [0.3, 0.4) is 0 Å². The van der Waals surface area contributed by atoms with Crippen molar-refractivity contribution in [2.45, 2.75) is 0 Å². The standard InChI is InChI=1S/C50H28N2O.C45H27N3.C38H22N2/c1-2-13-37-36(12-1)38-20-18-32-24-44(38)49-40(37)15-7-16-41(49)46-26-35-28-51-45(33-19-21-48-43(25-33)39-14-3-4-17-47(39)53-48)27-42(35)50(52-46)34-11-6-10-31(23-34)29-8-5-9-30(32)22-29;1-2-9-28(10-3-1)43-46-44-35-16-8-15-33(25-35)31-13-6-11-29(23-31)30-12-7-14-32(24-30)34-19-21-39-37-17-4-5-18-38(37)40-22-20-36(45(47-43)48-44)27-42(40)41(39)26-34;1-2-13-29-28(12-1)30-19-18-26-22-34(30)36-31(29)15-7-16-33(36)38-39-35-17-4-3-14-32(35)37(40-38)27-11-6-10-25(21-27)23-8-5-9-24(26)20-23/h1-28H;1-27H;1-22H. The predicted octanol–water partition coefficient (Wildman–Crippen LogP) is 36.0. The van der Waals surface area contributed by atoms with Crippen LogP contribution in [0.4, 0.5) is 0 Å². The van der Waals surface area contributed by atoms with Crippen molar-refractivity contribution in [1.29, 1.82) is 0 Å².